The predicted octanol–water partition coefficient (Wildman–Crippen LogP) is 2.62. The maximum atomic E-state index is 12.0. The van der Waals surface area contributed by atoms with Gasteiger partial charge in [0.2, 0.25) is 10.0 Å². The number of nitrogens with zero attached hydrogens (tertiary/aromatic N) is 2. The number of rotatable bonds is 6. The molecule has 0 amide bonds. The van der Waals surface area contributed by atoms with Crippen LogP contribution in [0.15, 0.2) is 64.5 Å². The summed E-state index contributed by atoms with van der Waals surface area (Å²) >= 11 is 0. The van der Waals surface area contributed by atoms with Gasteiger partial charge in [0, 0.05) is 26.7 Å². The molecule has 1 aliphatic rings. The molecule has 1 heterocycles. The van der Waals surface area contributed by atoms with Gasteiger partial charge in [-0.05, 0) is 55.5 Å². The van der Waals surface area contributed by atoms with Crippen LogP contribution in [-0.2, 0) is 23.0 Å². The zero-order valence-electron chi connectivity index (χ0n) is 17.1. The van der Waals surface area contributed by atoms with Crippen LogP contribution < -0.4 is 10.0 Å². The van der Waals surface area contributed by atoms with Crippen molar-refractivity contribution in [3.05, 3.63) is 65.7 Å². The Morgan fingerprint density at radius 2 is 1.76 bits per heavy atom. The first-order chi connectivity index (χ1) is 14.0. The molecule has 0 aliphatic carbocycles. The maximum absolute atomic E-state index is 12.0. The monoisotopic (exact) mass is 414 g/mol. The molecule has 1 saturated heterocycles. The molecule has 0 radical (unpaired) electrons. The quantitative estimate of drug-likeness (QED) is 0.563. The van der Waals surface area contributed by atoms with Gasteiger partial charge in [0.15, 0.2) is 5.96 Å². The lowest BCUT2D eigenvalue weighted by Crippen LogP contribution is -2.45. The Bertz CT molecular complexity index is 921. The fourth-order valence-corrected chi connectivity index (χ4v) is 4.55. The van der Waals surface area contributed by atoms with Gasteiger partial charge in [-0.2, -0.15) is 0 Å². The molecule has 0 saturated carbocycles. The van der Waals surface area contributed by atoms with Gasteiger partial charge in [-0.15, -0.1) is 0 Å². The van der Waals surface area contributed by atoms with Crippen LogP contribution in [0.25, 0.3) is 0 Å². The highest BCUT2D eigenvalue weighted by atomic mass is 32.2. The molecule has 156 valence electrons. The second kappa shape index (κ2) is 9.89. The average molecular weight is 415 g/mol. The Labute approximate surface area is 174 Å². The van der Waals surface area contributed by atoms with Crippen molar-refractivity contribution in [1.29, 1.82) is 0 Å². The summed E-state index contributed by atoms with van der Waals surface area (Å²) in [6.07, 6.45) is 3.42. The molecule has 0 bridgehead atoms. The summed E-state index contributed by atoms with van der Waals surface area (Å²) in [6.45, 7) is 2.49. The van der Waals surface area contributed by atoms with Crippen LogP contribution in [0.5, 0.6) is 0 Å². The van der Waals surface area contributed by atoms with E-state index in [1.807, 2.05) is 6.07 Å². The number of benzene rings is 2. The van der Waals surface area contributed by atoms with Crippen molar-refractivity contribution in [1.82, 2.24) is 14.9 Å². The largest absolute Gasteiger partial charge is 0.352 e. The summed E-state index contributed by atoms with van der Waals surface area (Å²) < 4.78 is 26.3. The summed E-state index contributed by atoms with van der Waals surface area (Å²) in [4.78, 5) is 6.99. The van der Waals surface area contributed by atoms with Crippen molar-refractivity contribution in [3.8, 4) is 0 Å². The summed E-state index contributed by atoms with van der Waals surface area (Å²) in [5.74, 6) is 1.57. The molecule has 3 rings (SSSR count). The summed E-state index contributed by atoms with van der Waals surface area (Å²) in [5.41, 5.74) is 2.31. The maximum Gasteiger partial charge on any atom is 0.240 e. The van der Waals surface area contributed by atoms with Crippen LogP contribution in [0.1, 0.15) is 24.0 Å². The van der Waals surface area contributed by atoms with E-state index < -0.39 is 10.0 Å². The SMILES string of the molecule is CN=C(NCc1cccc(S(=O)(=O)NC)c1)N1CCC(Cc2ccccc2)CC1. The van der Waals surface area contributed by atoms with Crippen molar-refractivity contribution in [2.24, 2.45) is 10.9 Å². The highest BCUT2D eigenvalue weighted by Gasteiger charge is 2.21. The van der Waals surface area contributed by atoms with Crippen LogP contribution in [-0.4, -0.2) is 46.5 Å². The summed E-state index contributed by atoms with van der Waals surface area (Å²) in [7, 11) is -0.224. The third-order valence-corrected chi connectivity index (χ3v) is 6.83. The molecule has 6 nitrogen and oxygen atoms in total. The number of guanidine groups is 1. The minimum Gasteiger partial charge on any atom is -0.352 e. The topological polar surface area (TPSA) is 73.8 Å². The smallest absolute Gasteiger partial charge is 0.240 e. The Morgan fingerprint density at radius 1 is 1.07 bits per heavy atom. The highest BCUT2D eigenvalue weighted by Crippen LogP contribution is 2.21. The van der Waals surface area contributed by atoms with Gasteiger partial charge >= 0.3 is 0 Å². The van der Waals surface area contributed by atoms with Crippen LogP contribution in [0.2, 0.25) is 0 Å². The summed E-state index contributed by atoms with van der Waals surface area (Å²) in [6, 6.07) is 17.6. The number of sulfonamides is 1. The van der Waals surface area contributed by atoms with E-state index in [2.05, 4.69) is 50.3 Å². The average Bonchev–Trinajstić information content (AvgIpc) is 2.76. The zero-order chi connectivity index (χ0) is 20.7. The molecule has 0 unspecified atom stereocenters. The first-order valence-electron chi connectivity index (χ1n) is 10.0. The number of nitrogens with one attached hydrogen (secondary N) is 2. The zero-order valence-corrected chi connectivity index (χ0v) is 18.0. The molecule has 0 aromatic heterocycles. The molecule has 1 aliphatic heterocycles. The van der Waals surface area contributed by atoms with Crippen molar-refractivity contribution in [3.63, 3.8) is 0 Å². The van der Waals surface area contributed by atoms with Crippen LogP contribution in [0.4, 0.5) is 0 Å². The molecular weight excluding hydrogens is 384 g/mol. The lowest BCUT2D eigenvalue weighted by molar-refractivity contribution is 0.259. The van der Waals surface area contributed by atoms with Crippen LogP contribution in [0, 0.1) is 5.92 Å². The van der Waals surface area contributed by atoms with E-state index in [4.69, 9.17) is 0 Å². The Balaban J connectivity index is 1.53. The van der Waals surface area contributed by atoms with E-state index in [9.17, 15) is 8.42 Å². The second-order valence-electron chi connectivity index (χ2n) is 7.38. The third-order valence-electron chi connectivity index (χ3n) is 5.42. The number of piperidine rings is 1. The minimum atomic E-state index is -3.44. The van der Waals surface area contributed by atoms with E-state index in [0.29, 0.717) is 12.5 Å². The van der Waals surface area contributed by atoms with E-state index in [1.54, 1.807) is 25.2 Å². The van der Waals surface area contributed by atoms with Crippen LogP contribution >= 0.6 is 0 Å². The number of hydrogen-bond acceptors (Lipinski definition) is 3. The Morgan fingerprint density at radius 3 is 2.41 bits per heavy atom. The molecule has 1 fully saturated rings. The molecule has 2 aromatic carbocycles. The van der Waals surface area contributed by atoms with Gasteiger partial charge in [-0.3, -0.25) is 4.99 Å². The predicted molar refractivity (Wildman–Crippen MR) is 117 cm³/mol. The van der Waals surface area contributed by atoms with E-state index >= 15 is 0 Å². The first-order valence-corrected chi connectivity index (χ1v) is 11.5. The first kappa shape index (κ1) is 21.3. The van der Waals surface area contributed by atoms with Crippen molar-refractivity contribution >= 4 is 16.0 Å². The summed E-state index contributed by atoms with van der Waals surface area (Å²) in [5, 5.41) is 3.38. The number of aliphatic imine (C=N–C) groups is 1. The molecule has 2 aromatic rings. The van der Waals surface area contributed by atoms with E-state index in [0.717, 1.165) is 43.9 Å². The van der Waals surface area contributed by atoms with Crippen molar-refractivity contribution < 1.29 is 8.42 Å². The molecule has 0 spiro atoms. The number of likely N-dealkylation sites (tertiary alicyclic amines) is 1. The normalized spacial score (nSPS) is 16.1. The standard InChI is InChI=1S/C22H30N4O2S/c1-23-22(25-17-20-9-6-10-21(16-20)29(27,28)24-2)26-13-11-19(12-14-26)15-18-7-4-3-5-8-18/h3-10,16,19,24H,11-15,17H2,1-2H3,(H,23,25). The highest BCUT2D eigenvalue weighted by molar-refractivity contribution is 7.89. The fraction of sp³-hybridized carbons (Fsp3) is 0.409. The van der Waals surface area contributed by atoms with Gasteiger partial charge in [-0.25, -0.2) is 13.1 Å². The lowest BCUT2D eigenvalue weighted by atomic mass is 9.90. The molecule has 2 N–H and O–H groups in total. The van der Waals surface area contributed by atoms with Crippen LogP contribution in [0.3, 0.4) is 0 Å². The van der Waals surface area contributed by atoms with E-state index in [1.165, 1.54) is 12.6 Å². The number of hydrogen-bond donors (Lipinski definition) is 2. The molecule has 7 heteroatoms. The van der Waals surface area contributed by atoms with Gasteiger partial charge in [0.25, 0.3) is 0 Å². The molecular formula is C22H30N4O2S. The van der Waals surface area contributed by atoms with Crippen molar-refractivity contribution in [2.75, 3.05) is 27.2 Å². The second-order valence-corrected chi connectivity index (χ2v) is 9.26. The van der Waals surface area contributed by atoms with E-state index in [-0.39, 0.29) is 4.90 Å². The minimum absolute atomic E-state index is 0.274. The third kappa shape index (κ3) is 5.81. The molecule has 29 heavy (non-hydrogen) atoms. The van der Waals surface area contributed by atoms with Gasteiger partial charge in [-0.1, -0.05) is 42.5 Å². The lowest BCUT2D eigenvalue weighted by Gasteiger charge is -2.34. The van der Waals surface area contributed by atoms with Crippen molar-refractivity contribution in [2.45, 2.75) is 30.7 Å². The Hall–Kier alpha value is -2.38. The fourth-order valence-electron chi connectivity index (χ4n) is 3.75. The Kier molecular flexibility index (Phi) is 7.28. The van der Waals surface area contributed by atoms with Gasteiger partial charge < -0.3 is 10.2 Å². The van der Waals surface area contributed by atoms with Gasteiger partial charge in [0.05, 0.1) is 4.90 Å². The van der Waals surface area contributed by atoms with Gasteiger partial charge in [0.1, 0.15) is 0 Å². The molecule has 0 atom stereocenters.